The van der Waals surface area contributed by atoms with Gasteiger partial charge in [-0.1, -0.05) is 15.9 Å². The van der Waals surface area contributed by atoms with E-state index in [4.69, 9.17) is 0 Å². The van der Waals surface area contributed by atoms with Crippen molar-refractivity contribution in [2.75, 3.05) is 18.2 Å². The van der Waals surface area contributed by atoms with E-state index in [1.54, 1.807) is 34.9 Å². The smallest absolute Gasteiger partial charge is 0.386 e. The number of halogens is 5. The first-order valence-corrected chi connectivity index (χ1v) is 11.1. The van der Waals surface area contributed by atoms with Gasteiger partial charge in [-0.3, -0.25) is 4.79 Å². The maximum absolute atomic E-state index is 13.2. The number of benzene rings is 1. The number of nitrogens with zero attached hydrogens (tertiary/aromatic N) is 4. The summed E-state index contributed by atoms with van der Waals surface area (Å²) in [7, 11) is 0. The molecule has 0 saturated carbocycles. The summed E-state index contributed by atoms with van der Waals surface area (Å²) in [6, 6.07) is 9.40. The van der Waals surface area contributed by atoms with Crippen LogP contribution in [0.25, 0.3) is 16.9 Å². The second-order valence-corrected chi connectivity index (χ2v) is 8.74. The Morgan fingerprint density at radius 2 is 1.94 bits per heavy atom. The third-order valence-corrected chi connectivity index (χ3v) is 5.53. The van der Waals surface area contributed by atoms with Gasteiger partial charge in [0.25, 0.3) is 5.91 Å². The predicted octanol–water partition coefficient (Wildman–Crippen LogP) is 5.26. The van der Waals surface area contributed by atoms with Crippen LogP contribution in [0.2, 0.25) is 0 Å². The molecule has 0 atom stereocenters. The van der Waals surface area contributed by atoms with E-state index in [2.05, 4.69) is 26.0 Å². The topological polar surface area (TPSA) is 71.2 Å². The standard InChI is InChI=1S/C18H14BrFN4O2S.C2H3F3/c19-12-5-11(6-14(25)7-12)16-8-15(18(26)23-3-4-27-10-23)22-24(16)13-1-2-17(20)21-9-13;1-2(3,4)5/h1-2,5-9,25H,3-4,10H2;1H3. The van der Waals surface area contributed by atoms with Gasteiger partial charge in [-0.2, -0.15) is 22.7 Å². The van der Waals surface area contributed by atoms with Crippen molar-refractivity contribution in [3.05, 3.63) is 58.7 Å². The van der Waals surface area contributed by atoms with Crippen LogP contribution in [0, 0.1) is 5.95 Å². The normalized spacial score (nSPS) is 13.6. The minimum Gasteiger partial charge on any atom is -0.508 e. The van der Waals surface area contributed by atoms with Gasteiger partial charge in [-0.05, 0) is 36.4 Å². The third kappa shape index (κ3) is 6.45. The fourth-order valence-electron chi connectivity index (χ4n) is 2.84. The molecule has 2 aromatic heterocycles. The molecule has 12 heteroatoms. The number of carbonyl (C=O) groups is 1. The molecule has 1 fully saturated rings. The number of phenols is 1. The highest BCUT2D eigenvalue weighted by atomic mass is 79.9. The largest absolute Gasteiger partial charge is 0.508 e. The Morgan fingerprint density at radius 3 is 2.50 bits per heavy atom. The van der Waals surface area contributed by atoms with Crippen molar-refractivity contribution in [1.29, 1.82) is 0 Å². The first-order valence-electron chi connectivity index (χ1n) is 9.17. The zero-order valence-electron chi connectivity index (χ0n) is 16.6. The third-order valence-electron chi connectivity index (χ3n) is 4.10. The van der Waals surface area contributed by atoms with E-state index in [0.717, 1.165) is 5.75 Å². The number of amides is 1. The molecule has 3 heterocycles. The summed E-state index contributed by atoms with van der Waals surface area (Å²) >= 11 is 5.05. The van der Waals surface area contributed by atoms with Crippen LogP contribution >= 0.6 is 27.7 Å². The van der Waals surface area contributed by atoms with Gasteiger partial charge in [0.1, 0.15) is 5.75 Å². The van der Waals surface area contributed by atoms with Crippen molar-refractivity contribution in [1.82, 2.24) is 19.7 Å². The summed E-state index contributed by atoms with van der Waals surface area (Å²) in [6.07, 6.45) is -2.65. The SMILES string of the molecule is CC(F)(F)F.O=C(c1cc(-c2cc(O)cc(Br)c2)n(-c2ccc(F)nc2)n1)N1CCSC1. The van der Waals surface area contributed by atoms with Crippen LogP contribution in [0.4, 0.5) is 17.6 Å². The highest BCUT2D eigenvalue weighted by Gasteiger charge is 2.24. The number of aromatic nitrogens is 3. The van der Waals surface area contributed by atoms with E-state index in [9.17, 15) is 27.5 Å². The Hall–Kier alpha value is -2.60. The van der Waals surface area contributed by atoms with Gasteiger partial charge in [0.05, 0.1) is 23.5 Å². The van der Waals surface area contributed by atoms with Crippen LogP contribution in [-0.4, -0.2) is 55.0 Å². The van der Waals surface area contributed by atoms with Crippen molar-refractivity contribution in [2.24, 2.45) is 0 Å². The zero-order chi connectivity index (χ0) is 23.5. The number of aromatic hydroxyl groups is 1. The molecule has 1 N–H and O–H groups in total. The number of phenolic OH excluding ortho intramolecular Hbond substituents is 1. The van der Waals surface area contributed by atoms with Gasteiger partial charge < -0.3 is 10.0 Å². The predicted molar refractivity (Wildman–Crippen MR) is 116 cm³/mol. The lowest BCUT2D eigenvalue weighted by Crippen LogP contribution is -2.28. The van der Waals surface area contributed by atoms with Crippen molar-refractivity contribution < 1.29 is 27.5 Å². The number of alkyl halides is 3. The van der Waals surface area contributed by atoms with Crippen molar-refractivity contribution in [3.8, 4) is 22.7 Å². The summed E-state index contributed by atoms with van der Waals surface area (Å²) < 4.78 is 46.5. The molecular weight excluding hydrogens is 516 g/mol. The first kappa shape index (κ1) is 24.1. The molecule has 3 aromatic rings. The van der Waals surface area contributed by atoms with Crippen molar-refractivity contribution in [3.63, 3.8) is 0 Å². The van der Waals surface area contributed by atoms with Gasteiger partial charge >= 0.3 is 6.18 Å². The number of pyridine rings is 1. The Kier molecular flexibility index (Phi) is 7.44. The summed E-state index contributed by atoms with van der Waals surface area (Å²) in [5, 5.41) is 14.4. The van der Waals surface area contributed by atoms with Gasteiger partial charge in [0.15, 0.2) is 5.69 Å². The second kappa shape index (κ2) is 9.90. The quantitative estimate of drug-likeness (QED) is 0.368. The lowest BCUT2D eigenvalue weighted by Gasteiger charge is -2.11. The maximum Gasteiger partial charge on any atom is 0.386 e. The summed E-state index contributed by atoms with van der Waals surface area (Å²) in [6.45, 7) is 0.870. The number of hydrogen-bond donors (Lipinski definition) is 1. The monoisotopic (exact) mass is 532 g/mol. The van der Waals surface area contributed by atoms with Crippen LogP contribution < -0.4 is 0 Å². The maximum atomic E-state index is 13.2. The van der Waals surface area contributed by atoms with E-state index in [0.29, 0.717) is 33.8 Å². The highest BCUT2D eigenvalue weighted by Crippen LogP contribution is 2.31. The van der Waals surface area contributed by atoms with E-state index >= 15 is 0 Å². The lowest BCUT2D eigenvalue weighted by molar-refractivity contribution is -0.110. The lowest BCUT2D eigenvalue weighted by atomic mass is 10.1. The first-order chi connectivity index (χ1) is 15.0. The van der Waals surface area contributed by atoms with Gasteiger partial charge in [-0.15, -0.1) is 11.8 Å². The Morgan fingerprint density at radius 1 is 1.22 bits per heavy atom. The summed E-state index contributed by atoms with van der Waals surface area (Å²) in [5.74, 6) is 0.859. The average molecular weight is 533 g/mol. The zero-order valence-corrected chi connectivity index (χ0v) is 19.0. The van der Waals surface area contributed by atoms with E-state index < -0.39 is 12.1 Å². The molecule has 1 aromatic carbocycles. The minimum absolute atomic E-state index is 0.0770. The summed E-state index contributed by atoms with van der Waals surface area (Å²) in [5.41, 5.74) is 2.06. The molecule has 0 unspecified atom stereocenters. The molecule has 0 aliphatic carbocycles. The average Bonchev–Trinajstić information content (AvgIpc) is 3.36. The molecule has 0 bridgehead atoms. The molecular formula is C20H17BrF4N4O2S. The second-order valence-electron chi connectivity index (χ2n) is 6.75. The molecule has 1 aliphatic heterocycles. The highest BCUT2D eigenvalue weighted by molar-refractivity contribution is 9.10. The van der Waals surface area contributed by atoms with Crippen LogP contribution in [0.1, 0.15) is 17.4 Å². The Balaban J connectivity index is 0.000000523. The van der Waals surface area contributed by atoms with Crippen molar-refractivity contribution >= 4 is 33.6 Å². The van der Waals surface area contributed by atoms with Crippen LogP contribution in [0.3, 0.4) is 0 Å². The number of carbonyl (C=O) groups excluding carboxylic acids is 1. The molecule has 1 aliphatic rings. The minimum atomic E-state index is -4.00. The van der Waals surface area contributed by atoms with Gasteiger partial charge in [0.2, 0.25) is 5.95 Å². The molecule has 6 nitrogen and oxygen atoms in total. The molecule has 4 rings (SSSR count). The number of hydrogen-bond acceptors (Lipinski definition) is 5. The fraction of sp³-hybridized carbons (Fsp3) is 0.250. The van der Waals surface area contributed by atoms with Gasteiger partial charge in [0, 0.05) is 29.3 Å². The number of thioether (sulfide) groups is 1. The molecule has 0 radical (unpaired) electrons. The van der Waals surface area contributed by atoms with Crippen molar-refractivity contribution in [2.45, 2.75) is 13.1 Å². The molecule has 0 spiro atoms. The van der Waals surface area contributed by atoms with Crippen LogP contribution in [0.5, 0.6) is 5.75 Å². The Labute approximate surface area is 193 Å². The van der Waals surface area contributed by atoms with E-state index in [-0.39, 0.29) is 24.3 Å². The molecule has 1 amide bonds. The molecule has 32 heavy (non-hydrogen) atoms. The van der Waals surface area contributed by atoms with E-state index in [1.807, 2.05) is 6.07 Å². The Bertz CT molecular complexity index is 1070. The van der Waals surface area contributed by atoms with Gasteiger partial charge in [-0.25, -0.2) is 9.67 Å². The summed E-state index contributed by atoms with van der Waals surface area (Å²) in [4.78, 5) is 18.2. The molecule has 170 valence electrons. The van der Waals surface area contributed by atoms with Crippen LogP contribution in [0.15, 0.2) is 47.1 Å². The fourth-order valence-corrected chi connectivity index (χ4v) is 4.27. The molecule has 1 saturated heterocycles. The van der Waals surface area contributed by atoms with E-state index in [1.165, 1.54) is 23.0 Å². The number of rotatable bonds is 3. The van der Waals surface area contributed by atoms with Crippen LogP contribution in [-0.2, 0) is 0 Å².